The molecule has 4 nitrogen and oxygen atoms in total. The van der Waals surface area contributed by atoms with E-state index in [0.29, 0.717) is 18.7 Å². The fourth-order valence-corrected chi connectivity index (χ4v) is 1.71. The number of nitrogens with zero attached hydrogens (tertiary/aromatic N) is 1. The molecule has 100 valence electrons. The first kappa shape index (κ1) is 13.6. The summed E-state index contributed by atoms with van der Waals surface area (Å²) >= 11 is 0. The van der Waals surface area contributed by atoms with Crippen molar-refractivity contribution < 1.29 is 4.79 Å². The van der Waals surface area contributed by atoms with E-state index in [0.717, 1.165) is 11.3 Å². The first-order valence-corrected chi connectivity index (χ1v) is 6.29. The highest BCUT2D eigenvalue weighted by atomic mass is 16.2. The maximum absolute atomic E-state index is 11.7. The maximum Gasteiger partial charge on any atom is 0.319 e. The molecule has 0 aliphatic carbocycles. The number of benzene rings is 1. The van der Waals surface area contributed by atoms with Crippen LogP contribution < -0.4 is 10.6 Å². The summed E-state index contributed by atoms with van der Waals surface area (Å²) in [6.45, 7) is 0.525. The van der Waals surface area contributed by atoms with Crippen molar-refractivity contribution in [1.29, 1.82) is 0 Å². The summed E-state index contributed by atoms with van der Waals surface area (Å²) in [5, 5.41) is 5.51. The smallest absolute Gasteiger partial charge is 0.319 e. The van der Waals surface area contributed by atoms with Gasteiger partial charge in [0.25, 0.3) is 0 Å². The number of aromatic nitrogens is 1. The summed E-state index contributed by atoms with van der Waals surface area (Å²) in [6.07, 6.45) is 7.74. The molecule has 2 rings (SSSR count). The molecular formula is C16H15N3O. The Bertz CT molecular complexity index is 617. The zero-order valence-electron chi connectivity index (χ0n) is 11.0. The van der Waals surface area contributed by atoms with Crippen LogP contribution in [0.5, 0.6) is 0 Å². The molecule has 0 bridgehead atoms. The lowest BCUT2D eigenvalue weighted by atomic mass is 10.2. The van der Waals surface area contributed by atoms with Crippen LogP contribution in [0.25, 0.3) is 0 Å². The van der Waals surface area contributed by atoms with Crippen molar-refractivity contribution in [3.8, 4) is 12.3 Å². The minimum absolute atomic E-state index is 0.255. The maximum atomic E-state index is 11.7. The van der Waals surface area contributed by atoms with Gasteiger partial charge in [0, 0.05) is 36.1 Å². The van der Waals surface area contributed by atoms with Crippen LogP contribution in [0.4, 0.5) is 10.5 Å². The minimum atomic E-state index is -0.255. The van der Waals surface area contributed by atoms with E-state index in [1.807, 2.05) is 24.3 Å². The molecule has 0 spiro atoms. The summed E-state index contributed by atoms with van der Waals surface area (Å²) in [6, 6.07) is 12.6. The van der Waals surface area contributed by atoms with Gasteiger partial charge in [0.05, 0.1) is 0 Å². The highest BCUT2D eigenvalue weighted by Crippen LogP contribution is 2.09. The Morgan fingerprint density at radius 1 is 1.25 bits per heavy atom. The standard InChI is InChI=1S/C16H15N3O/c1-2-13-6-5-8-15(12-13)19-16(20)18-11-9-14-7-3-4-10-17-14/h1,3-8,10,12H,9,11H2,(H2,18,19,20). The predicted octanol–water partition coefficient (Wildman–Crippen LogP) is 2.43. The number of urea groups is 1. The molecule has 0 atom stereocenters. The van der Waals surface area contributed by atoms with E-state index in [1.165, 1.54) is 0 Å². The Hall–Kier alpha value is -2.80. The van der Waals surface area contributed by atoms with Crippen molar-refractivity contribution in [2.45, 2.75) is 6.42 Å². The average Bonchev–Trinajstić information content (AvgIpc) is 2.48. The van der Waals surface area contributed by atoms with Crippen molar-refractivity contribution in [2.24, 2.45) is 0 Å². The van der Waals surface area contributed by atoms with Gasteiger partial charge in [0.1, 0.15) is 0 Å². The van der Waals surface area contributed by atoms with Crippen molar-refractivity contribution in [2.75, 3.05) is 11.9 Å². The van der Waals surface area contributed by atoms with Crippen LogP contribution >= 0.6 is 0 Å². The number of anilines is 1. The van der Waals surface area contributed by atoms with Gasteiger partial charge in [-0.2, -0.15) is 0 Å². The van der Waals surface area contributed by atoms with E-state index < -0.39 is 0 Å². The van der Waals surface area contributed by atoms with Gasteiger partial charge in [-0.15, -0.1) is 6.42 Å². The topological polar surface area (TPSA) is 54.0 Å². The molecular weight excluding hydrogens is 250 g/mol. The van der Waals surface area contributed by atoms with Crippen molar-refractivity contribution in [1.82, 2.24) is 10.3 Å². The fraction of sp³-hybridized carbons (Fsp3) is 0.125. The van der Waals surface area contributed by atoms with E-state index >= 15 is 0 Å². The molecule has 2 aromatic rings. The van der Waals surface area contributed by atoms with Crippen LogP contribution in [-0.4, -0.2) is 17.6 Å². The Kier molecular flexibility index (Phi) is 4.74. The van der Waals surface area contributed by atoms with E-state index in [1.54, 1.807) is 24.4 Å². The van der Waals surface area contributed by atoms with Crippen molar-refractivity contribution in [3.05, 3.63) is 59.9 Å². The number of terminal acetylenes is 1. The molecule has 1 heterocycles. The van der Waals surface area contributed by atoms with Crippen LogP contribution in [0.2, 0.25) is 0 Å². The second-order valence-electron chi connectivity index (χ2n) is 4.18. The Balaban J connectivity index is 1.79. The molecule has 0 unspecified atom stereocenters. The molecule has 0 saturated heterocycles. The van der Waals surface area contributed by atoms with Crippen molar-refractivity contribution in [3.63, 3.8) is 0 Å². The first-order chi connectivity index (χ1) is 9.78. The molecule has 1 aromatic carbocycles. The van der Waals surface area contributed by atoms with Gasteiger partial charge in [0.2, 0.25) is 0 Å². The monoisotopic (exact) mass is 265 g/mol. The number of pyridine rings is 1. The zero-order chi connectivity index (χ0) is 14.2. The minimum Gasteiger partial charge on any atom is -0.337 e. The molecule has 1 aromatic heterocycles. The number of carbonyl (C=O) groups is 1. The number of amides is 2. The van der Waals surface area contributed by atoms with Gasteiger partial charge in [0.15, 0.2) is 0 Å². The molecule has 0 radical (unpaired) electrons. The van der Waals surface area contributed by atoms with Crippen LogP contribution in [0.15, 0.2) is 48.7 Å². The van der Waals surface area contributed by atoms with E-state index in [9.17, 15) is 4.79 Å². The molecule has 0 aliphatic rings. The SMILES string of the molecule is C#Cc1cccc(NC(=O)NCCc2ccccn2)c1. The first-order valence-electron chi connectivity index (χ1n) is 6.29. The molecule has 4 heteroatoms. The highest BCUT2D eigenvalue weighted by Gasteiger charge is 2.01. The number of carbonyl (C=O) groups excluding carboxylic acids is 1. The Labute approximate surface area is 118 Å². The number of hydrogen-bond acceptors (Lipinski definition) is 2. The number of rotatable bonds is 4. The van der Waals surface area contributed by atoms with Gasteiger partial charge in [-0.05, 0) is 30.3 Å². The van der Waals surface area contributed by atoms with E-state index in [-0.39, 0.29) is 6.03 Å². The van der Waals surface area contributed by atoms with Crippen LogP contribution in [-0.2, 0) is 6.42 Å². The average molecular weight is 265 g/mol. The van der Waals surface area contributed by atoms with E-state index in [2.05, 4.69) is 21.5 Å². The summed E-state index contributed by atoms with van der Waals surface area (Å²) in [7, 11) is 0. The highest BCUT2D eigenvalue weighted by molar-refractivity contribution is 5.89. The second kappa shape index (κ2) is 6.95. The van der Waals surface area contributed by atoms with Crippen LogP contribution in [0.1, 0.15) is 11.3 Å². The lowest BCUT2D eigenvalue weighted by molar-refractivity contribution is 0.252. The third-order valence-corrected chi connectivity index (χ3v) is 2.68. The Morgan fingerprint density at radius 3 is 2.90 bits per heavy atom. The second-order valence-corrected chi connectivity index (χ2v) is 4.18. The molecule has 2 N–H and O–H groups in total. The largest absolute Gasteiger partial charge is 0.337 e. The summed E-state index contributed by atoms with van der Waals surface area (Å²) in [5.41, 5.74) is 2.36. The lowest BCUT2D eigenvalue weighted by Gasteiger charge is -2.07. The lowest BCUT2D eigenvalue weighted by Crippen LogP contribution is -2.30. The third kappa shape index (κ3) is 4.14. The normalized spacial score (nSPS) is 9.55. The van der Waals surface area contributed by atoms with Gasteiger partial charge in [-0.25, -0.2) is 4.79 Å². The fourth-order valence-electron chi connectivity index (χ4n) is 1.71. The predicted molar refractivity (Wildman–Crippen MR) is 79.3 cm³/mol. The summed E-state index contributed by atoms with van der Waals surface area (Å²) in [5.74, 6) is 2.53. The van der Waals surface area contributed by atoms with Gasteiger partial charge < -0.3 is 10.6 Å². The third-order valence-electron chi connectivity index (χ3n) is 2.68. The quantitative estimate of drug-likeness (QED) is 0.834. The summed E-state index contributed by atoms with van der Waals surface area (Å²) < 4.78 is 0. The Morgan fingerprint density at radius 2 is 2.15 bits per heavy atom. The van der Waals surface area contributed by atoms with Crippen LogP contribution in [0, 0.1) is 12.3 Å². The molecule has 0 saturated carbocycles. The van der Waals surface area contributed by atoms with Gasteiger partial charge >= 0.3 is 6.03 Å². The van der Waals surface area contributed by atoms with Gasteiger partial charge in [-0.1, -0.05) is 18.1 Å². The number of hydrogen-bond donors (Lipinski definition) is 2. The van der Waals surface area contributed by atoms with Crippen molar-refractivity contribution >= 4 is 11.7 Å². The van der Waals surface area contributed by atoms with E-state index in [4.69, 9.17) is 6.42 Å². The molecule has 0 aliphatic heterocycles. The van der Waals surface area contributed by atoms with Gasteiger partial charge in [-0.3, -0.25) is 4.98 Å². The zero-order valence-corrected chi connectivity index (χ0v) is 11.0. The summed E-state index contributed by atoms with van der Waals surface area (Å²) in [4.78, 5) is 15.9. The van der Waals surface area contributed by atoms with Crippen LogP contribution in [0.3, 0.4) is 0 Å². The molecule has 20 heavy (non-hydrogen) atoms. The number of nitrogens with one attached hydrogen (secondary N) is 2. The molecule has 2 amide bonds. The molecule has 0 fully saturated rings.